The first-order valence-electron chi connectivity index (χ1n) is 6.61. The molecule has 0 aliphatic rings. The summed E-state index contributed by atoms with van der Waals surface area (Å²) in [6, 6.07) is 12.1. The first kappa shape index (κ1) is 14.0. The highest BCUT2D eigenvalue weighted by molar-refractivity contribution is 5.71. The Morgan fingerprint density at radius 2 is 1.60 bits per heavy atom. The zero-order chi connectivity index (χ0) is 14.4. The van der Waals surface area contributed by atoms with Crippen LogP contribution in [0.25, 0.3) is 12.2 Å². The fourth-order valence-electron chi connectivity index (χ4n) is 1.78. The van der Waals surface area contributed by atoms with Gasteiger partial charge in [0.1, 0.15) is 17.2 Å². The zero-order valence-electron chi connectivity index (χ0n) is 11.4. The molecule has 20 heavy (non-hydrogen) atoms. The molecule has 0 heterocycles. The SMILES string of the molecule is CCCOc1cc(O)cc(C=Cc2ccc(O)cc2)c1. The van der Waals surface area contributed by atoms with E-state index in [1.807, 2.05) is 37.3 Å². The monoisotopic (exact) mass is 270 g/mol. The highest BCUT2D eigenvalue weighted by Crippen LogP contribution is 2.23. The molecule has 2 aromatic rings. The lowest BCUT2D eigenvalue weighted by Crippen LogP contribution is -1.94. The van der Waals surface area contributed by atoms with Crippen molar-refractivity contribution in [3.63, 3.8) is 0 Å². The Morgan fingerprint density at radius 1 is 0.900 bits per heavy atom. The van der Waals surface area contributed by atoms with Crippen molar-refractivity contribution < 1.29 is 14.9 Å². The van der Waals surface area contributed by atoms with Crippen LogP contribution in [0.2, 0.25) is 0 Å². The Morgan fingerprint density at radius 3 is 2.30 bits per heavy atom. The average molecular weight is 270 g/mol. The highest BCUT2D eigenvalue weighted by atomic mass is 16.5. The molecule has 104 valence electrons. The van der Waals surface area contributed by atoms with E-state index in [-0.39, 0.29) is 11.5 Å². The number of phenols is 2. The van der Waals surface area contributed by atoms with Crippen molar-refractivity contribution in [2.45, 2.75) is 13.3 Å². The molecule has 0 fully saturated rings. The molecule has 0 aliphatic heterocycles. The van der Waals surface area contributed by atoms with E-state index in [1.54, 1.807) is 24.3 Å². The number of hydrogen-bond acceptors (Lipinski definition) is 3. The van der Waals surface area contributed by atoms with Crippen LogP contribution < -0.4 is 4.74 Å². The second kappa shape index (κ2) is 6.66. The molecule has 2 aromatic carbocycles. The van der Waals surface area contributed by atoms with Crippen molar-refractivity contribution in [3.8, 4) is 17.2 Å². The van der Waals surface area contributed by atoms with E-state index < -0.39 is 0 Å². The van der Waals surface area contributed by atoms with Crippen LogP contribution in [0.4, 0.5) is 0 Å². The largest absolute Gasteiger partial charge is 0.508 e. The molecule has 2 N–H and O–H groups in total. The minimum Gasteiger partial charge on any atom is -0.508 e. The van der Waals surface area contributed by atoms with Crippen LogP contribution in [0.3, 0.4) is 0 Å². The highest BCUT2D eigenvalue weighted by Gasteiger charge is 1.99. The van der Waals surface area contributed by atoms with Crippen molar-refractivity contribution in [1.29, 1.82) is 0 Å². The van der Waals surface area contributed by atoms with E-state index in [2.05, 4.69) is 0 Å². The third-order valence-electron chi connectivity index (χ3n) is 2.75. The van der Waals surface area contributed by atoms with Crippen LogP contribution in [0.5, 0.6) is 17.2 Å². The molecule has 0 atom stereocenters. The summed E-state index contributed by atoms with van der Waals surface area (Å²) in [5, 5.41) is 18.9. The predicted octanol–water partition coefficient (Wildman–Crippen LogP) is 4.06. The van der Waals surface area contributed by atoms with Gasteiger partial charge in [-0.2, -0.15) is 0 Å². The van der Waals surface area contributed by atoms with E-state index in [0.717, 1.165) is 17.5 Å². The lowest BCUT2D eigenvalue weighted by Gasteiger charge is -2.06. The Kier molecular flexibility index (Phi) is 4.66. The van der Waals surface area contributed by atoms with Gasteiger partial charge in [0, 0.05) is 6.07 Å². The van der Waals surface area contributed by atoms with Crippen molar-refractivity contribution in [1.82, 2.24) is 0 Å². The normalized spacial score (nSPS) is 10.8. The molecule has 0 saturated heterocycles. The van der Waals surface area contributed by atoms with Gasteiger partial charge in [0.05, 0.1) is 6.61 Å². The fourth-order valence-corrected chi connectivity index (χ4v) is 1.78. The molecule has 2 rings (SSSR count). The topological polar surface area (TPSA) is 49.7 Å². The quantitative estimate of drug-likeness (QED) is 0.806. The fraction of sp³-hybridized carbons (Fsp3) is 0.176. The number of phenolic OH excluding ortho intramolecular Hbond substituents is 2. The van der Waals surface area contributed by atoms with Crippen LogP contribution in [0.1, 0.15) is 24.5 Å². The molecule has 0 amide bonds. The van der Waals surface area contributed by atoms with Gasteiger partial charge in [-0.25, -0.2) is 0 Å². The maximum Gasteiger partial charge on any atom is 0.123 e. The summed E-state index contributed by atoms with van der Waals surface area (Å²) in [6.07, 6.45) is 4.73. The van der Waals surface area contributed by atoms with Gasteiger partial charge in [-0.3, -0.25) is 0 Å². The molecular weight excluding hydrogens is 252 g/mol. The summed E-state index contributed by atoms with van der Waals surface area (Å²) < 4.78 is 5.52. The smallest absolute Gasteiger partial charge is 0.123 e. The van der Waals surface area contributed by atoms with E-state index in [4.69, 9.17) is 4.74 Å². The van der Waals surface area contributed by atoms with E-state index in [0.29, 0.717) is 12.4 Å². The number of ether oxygens (including phenoxy) is 1. The zero-order valence-corrected chi connectivity index (χ0v) is 11.4. The maximum atomic E-state index is 9.68. The van der Waals surface area contributed by atoms with Gasteiger partial charge in [0.15, 0.2) is 0 Å². The second-order valence-corrected chi connectivity index (χ2v) is 4.53. The number of hydrogen-bond donors (Lipinski definition) is 2. The summed E-state index contributed by atoms with van der Waals surface area (Å²) in [4.78, 5) is 0. The Hall–Kier alpha value is -2.42. The van der Waals surface area contributed by atoms with Gasteiger partial charge < -0.3 is 14.9 Å². The lowest BCUT2D eigenvalue weighted by atomic mass is 10.1. The van der Waals surface area contributed by atoms with Crippen LogP contribution in [-0.4, -0.2) is 16.8 Å². The Bertz CT molecular complexity index is 586. The first-order valence-corrected chi connectivity index (χ1v) is 6.61. The Labute approximate surface area is 118 Å². The van der Waals surface area contributed by atoms with E-state index in [9.17, 15) is 10.2 Å². The Balaban J connectivity index is 2.15. The molecule has 0 spiro atoms. The van der Waals surface area contributed by atoms with Crippen molar-refractivity contribution >= 4 is 12.2 Å². The van der Waals surface area contributed by atoms with Crippen LogP contribution in [-0.2, 0) is 0 Å². The van der Waals surface area contributed by atoms with Crippen molar-refractivity contribution in [2.75, 3.05) is 6.61 Å². The van der Waals surface area contributed by atoms with Gasteiger partial charge in [0.25, 0.3) is 0 Å². The maximum absolute atomic E-state index is 9.68. The van der Waals surface area contributed by atoms with Gasteiger partial charge in [0.2, 0.25) is 0 Å². The van der Waals surface area contributed by atoms with E-state index in [1.165, 1.54) is 0 Å². The molecule has 0 radical (unpaired) electrons. The molecule has 0 aromatic heterocycles. The summed E-state index contributed by atoms with van der Waals surface area (Å²) in [5.41, 5.74) is 1.84. The number of benzene rings is 2. The minimum absolute atomic E-state index is 0.184. The summed E-state index contributed by atoms with van der Waals surface area (Å²) in [5.74, 6) is 1.09. The third kappa shape index (κ3) is 4.05. The summed E-state index contributed by atoms with van der Waals surface area (Å²) >= 11 is 0. The standard InChI is InChI=1S/C17H18O3/c1-2-9-20-17-11-14(10-16(19)12-17)4-3-13-5-7-15(18)8-6-13/h3-8,10-12,18-19H,2,9H2,1H3. The molecule has 3 heteroatoms. The number of aromatic hydroxyl groups is 2. The molecular formula is C17H18O3. The van der Waals surface area contributed by atoms with Crippen LogP contribution in [0, 0.1) is 0 Å². The molecule has 3 nitrogen and oxygen atoms in total. The molecule has 0 saturated carbocycles. The third-order valence-corrected chi connectivity index (χ3v) is 2.75. The van der Waals surface area contributed by atoms with Gasteiger partial charge in [-0.1, -0.05) is 31.2 Å². The molecule has 0 unspecified atom stereocenters. The van der Waals surface area contributed by atoms with Crippen LogP contribution in [0.15, 0.2) is 42.5 Å². The van der Waals surface area contributed by atoms with Crippen molar-refractivity contribution in [2.24, 2.45) is 0 Å². The predicted molar refractivity (Wildman–Crippen MR) is 80.9 cm³/mol. The van der Waals surface area contributed by atoms with Gasteiger partial charge in [-0.15, -0.1) is 0 Å². The van der Waals surface area contributed by atoms with Crippen LogP contribution >= 0.6 is 0 Å². The summed E-state index contributed by atoms with van der Waals surface area (Å²) in [7, 11) is 0. The lowest BCUT2D eigenvalue weighted by molar-refractivity contribution is 0.315. The summed E-state index contributed by atoms with van der Waals surface area (Å²) in [6.45, 7) is 2.67. The van der Waals surface area contributed by atoms with Crippen molar-refractivity contribution in [3.05, 3.63) is 53.6 Å². The van der Waals surface area contributed by atoms with E-state index >= 15 is 0 Å². The second-order valence-electron chi connectivity index (χ2n) is 4.53. The molecule has 0 aliphatic carbocycles. The average Bonchev–Trinajstić information content (AvgIpc) is 2.44. The van der Waals surface area contributed by atoms with Gasteiger partial charge >= 0.3 is 0 Å². The molecule has 0 bridgehead atoms. The van der Waals surface area contributed by atoms with Gasteiger partial charge in [-0.05, 0) is 41.8 Å². The minimum atomic E-state index is 0.184. The number of rotatable bonds is 5. The first-order chi connectivity index (χ1) is 9.67.